The SMILES string of the molecule is COc1ccc(NS(=O)(=O)c2ccc(C)cc2)cc1N1CCCC1=O. The van der Waals surface area contributed by atoms with Crippen molar-refractivity contribution >= 4 is 27.3 Å². The average Bonchev–Trinajstić information content (AvgIpc) is 3.00. The van der Waals surface area contributed by atoms with Crippen molar-refractivity contribution in [1.29, 1.82) is 0 Å². The lowest BCUT2D eigenvalue weighted by Crippen LogP contribution is -2.24. The normalized spacial score (nSPS) is 14.6. The fourth-order valence-electron chi connectivity index (χ4n) is 2.80. The largest absolute Gasteiger partial charge is 0.495 e. The molecule has 132 valence electrons. The summed E-state index contributed by atoms with van der Waals surface area (Å²) in [6.45, 7) is 2.50. The van der Waals surface area contributed by atoms with Crippen molar-refractivity contribution in [2.45, 2.75) is 24.7 Å². The lowest BCUT2D eigenvalue weighted by atomic mass is 10.2. The van der Waals surface area contributed by atoms with Gasteiger partial charge in [0, 0.05) is 13.0 Å². The molecule has 1 fully saturated rings. The van der Waals surface area contributed by atoms with Gasteiger partial charge in [-0.2, -0.15) is 0 Å². The minimum atomic E-state index is -3.70. The molecule has 0 bridgehead atoms. The summed E-state index contributed by atoms with van der Waals surface area (Å²) in [7, 11) is -2.17. The van der Waals surface area contributed by atoms with E-state index in [2.05, 4.69) is 4.72 Å². The molecule has 0 saturated carbocycles. The highest BCUT2D eigenvalue weighted by molar-refractivity contribution is 7.92. The first-order valence-electron chi connectivity index (χ1n) is 7.98. The fourth-order valence-corrected chi connectivity index (χ4v) is 3.85. The number of rotatable bonds is 5. The summed E-state index contributed by atoms with van der Waals surface area (Å²) in [5, 5.41) is 0. The van der Waals surface area contributed by atoms with Crippen LogP contribution in [0, 0.1) is 6.92 Å². The highest BCUT2D eigenvalue weighted by atomic mass is 32.2. The predicted octanol–water partition coefficient (Wildman–Crippen LogP) is 2.93. The van der Waals surface area contributed by atoms with Gasteiger partial charge in [-0.05, 0) is 43.7 Å². The molecule has 6 nitrogen and oxygen atoms in total. The smallest absolute Gasteiger partial charge is 0.261 e. The maximum absolute atomic E-state index is 12.5. The molecule has 7 heteroatoms. The number of nitrogens with zero attached hydrogens (tertiary/aromatic N) is 1. The number of hydrogen-bond donors (Lipinski definition) is 1. The van der Waals surface area contributed by atoms with Gasteiger partial charge >= 0.3 is 0 Å². The summed E-state index contributed by atoms with van der Waals surface area (Å²) < 4.78 is 33.0. The molecular formula is C18H20N2O4S. The van der Waals surface area contributed by atoms with Crippen molar-refractivity contribution in [3.8, 4) is 5.75 Å². The molecule has 1 aliphatic heterocycles. The Bertz CT molecular complexity index is 892. The molecule has 0 spiro atoms. The van der Waals surface area contributed by atoms with Gasteiger partial charge in [0.2, 0.25) is 5.91 Å². The first kappa shape index (κ1) is 17.3. The first-order chi connectivity index (χ1) is 11.9. The molecule has 2 aromatic carbocycles. The number of sulfonamides is 1. The average molecular weight is 360 g/mol. The Balaban J connectivity index is 1.92. The number of hydrogen-bond acceptors (Lipinski definition) is 4. The zero-order valence-corrected chi connectivity index (χ0v) is 15.0. The van der Waals surface area contributed by atoms with Crippen molar-refractivity contribution in [2.24, 2.45) is 0 Å². The summed E-state index contributed by atoms with van der Waals surface area (Å²) in [6, 6.07) is 11.5. The van der Waals surface area contributed by atoms with Crippen LogP contribution in [0.25, 0.3) is 0 Å². The number of carbonyl (C=O) groups excluding carboxylic acids is 1. The van der Waals surface area contributed by atoms with E-state index in [1.807, 2.05) is 6.92 Å². The van der Waals surface area contributed by atoms with E-state index in [1.165, 1.54) is 7.11 Å². The van der Waals surface area contributed by atoms with Crippen LogP contribution in [0.1, 0.15) is 18.4 Å². The van der Waals surface area contributed by atoms with Crippen LogP contribution < -0.4 is 14.4 Å². The summed E-state index contributed by atoms with van der Waals surface area (Å²) in [4.78, 5) is 13.8. The summed E-state index contributed by atoms with van der Waals surface area (Å²) in [5.41, 5.74) is 1.95. The molecule has 0 aliphatic carbocycles. The van der Waals surface area contributed by atoms with Gasteiger partial charge in [-0.15, -0.1) is 0 Å². The monoisotopic (exact) mass is 360 g/mol. The first-order valence-corrected chi connectivity index (χ1v) is 9.47. The van der Waals surface area contributed by atoms with Crippen LogP contribution in [0.2, 0.25) is 0 Å². The van der Waals surface area contributed by atoms with Crippen LogP contribution in [0.3, 0.4) is 0 Å². The number of amides is 1. The van der Waals surface area contributed by atoms with Gasteiger partial charge < -0.3 is 9.64 Å². The molecule has 25 heavy (non-hydrogen) atoms. The predicted molar refractivity (Wildman–Crippen MR) is 96.6 cm³/mol. The van der Waals surface area contributed by atoms with Crippen LogP contribution in [0.4, 0.5) is 11.4 Å². The Kier molecular flexibility index (Phi) is 4.67. The molecule has 0 unspecified atom stereocenters. The quantitative estimate of drug-likeness (QED) is 0.889. The lowest BCUT2D eigenvalue weighted by Gasteiger charge is -2.20. The number of methoxy groups -OCH3 is 1. The third-order valence-electron chi connectivity index (χ3n) is 4.13. The minimum Gasteiger partial charge on any atom is -0.495 e. The van der Waals surface area contributed by atoms with Crippen molar-refractivity contribution in [1.82, 2.24) is 0 Å². The minimum absolute atomic E-state index is 0.0110. The zero-order valence-electron chi connectivity index (χ0n) is 14.2. The van der Waals surface area contributed by atoms with E-state index in [0.29, 0.717) is 30.1 Å². The Morgan fingerprint density at radius 3 is 2.44 bits per heavy atom. The Labute approximate surface area is 147 Å². The van der Waals surface area contributed by atoms with Crippen molar-refractivity contribution < 1.29 is 17.9 Å². The van der Waals surface area contributed by atoms with Crippen LogP contribution >= 0.6 is 0 Å². The molecule has 0 radical (unpaired) electrons. The van der Waals surface area contributed by atoms with Crippen molar-refractivity contribution in [3.63, 3.8) is 0 Å². The van der Waals surface area contributed by atoms with Crippen molar-refractivity contribution in [2.75, 3.05) is 23.3 Å². The topological polar surface area (TPSA) is 75.7 Å². The Morgan fingerprint density at radius 1 is 1.12 bits per heavy atom. The molecule has 1 N–H and O–H groups in total. The van der Waals surface area contributed by atoms with Gasteiger partial charge in [-0.25, -0.2) is 8.42 Å². The van der Waals surface area contributed by atoms with E-state index < -0.39 is 10.0 Å². The second-order valence-corrected chi connectivity index (χ2v) is 7.64. The molecule has 0 aromatic heterocycles. The van der Waals surface area contributed by atoms with Crippen LogP contribution in [0.5, 0.6) is 5.75 Å². The molecule has 3 rings (SSSR count). The zero-order chi connectivity index (χ0) is 18.0. The number of ether oxygens (including phenoxy) is 1. The molecule has 0 atom stereocenters. The van der Waals surface area contributed by atoms with E-state index in [9.17, 15) is 13.2 Å². The summed E-state index contributed by atoms with van der Waals surface area (Å²) in [6.07, 6.45) is 1.27. The number of anilines is 2. The molecule has 1 heterocycles. The van der Waals surface area contributed by atoms with E-state index in [4.69, 9.17) is 4.74 Å². The van der Waals surface area contributed by atoms with Gasteiger partial charge in [0.15, 0.2) is 0 Å². The van der Waals surface area contributed by atoms with Gasteiger partial charge in [0.1, 0.15) is 5.75 Å². The lowest BCUT2D eigenvalue weighted by molar-refractivity contribution is -0.117. The number of aryl methyl sites for hydroxylation is 1. The highest BCUT2D eigenvalue weighted by Crippen LogP contribution is 2.34. The van der Waals surface area contributed by atoms with Gasteiger partial charge in [-0.1, -0.05) is 17.7 Å². The number of carbonyl (C=O) groups is 1. The molecule has 1 amide bonds. The second kappa shape index (κ2) is 6.76. The van der Waals surface area contributed by atoms with Crippen LogP contribution in [-0.4, -0.2) is 28.0 Å². The number of nitrogens with one attached hydrogen (secondary N) is 1. The Morgan fingerprint density at radius 2 is 1.84 bits per heavy atom. The van der Waals surface area contributed by atoms with E-state index in [1.54, 1.807) is 47.4 Å². The second-order valence-electron chi connectivity index (χ2n) is 5.95. The van der Waals surface area contributed by atoms with Crippen molar-refractivity contribution in [3.05, 3.63) is 48.0 Å². The van der Waals surface area contributed by atoms with Gasteiger partial charge in [-0.3, -0.25) is 9.52 Å². The highest BCUT2D eigenvalue weighted by Gasteiger charge is 2.25. The number of benzene rings is 2. The van der Waals surface area contributed by atoms with E-state index >= 15 is 0 Å². The van der Waals surface area contributed by atoms with Gasteiger partial charge in [0.05, 0.1) is 23.4 Å². The summed E-state index contributed by atoms with van der Waals surface area (Å²) >= 11 is 0. The maximum Gasteiger partial charge on any atom is 0.261 e. The molecule has 1 aliphatic rings. The molecule has 1 saturated heterocycles. The molecule has 2 aromatic rings. The molecular weight excluding hydrogens is 340 g/mol. The fraction of sp³-hybridized carbons (Fsp3) is 0.278. The van der Waals surface area contributed by atoms with Gasteiger partial charge in [0.25, 0.3) is 10.0 Å². The third kappa shape index (κ3) is 3.61. The van der Waals surface area contributed by atoms with Crippen LogP contribution in [-0.2, 0) is 14.8 Å². The Hall–Kier alpha value is -2.54. The van der Waals surface area contributed by atoms with Crippen LogP contribution in [0.15, 0.2) is 47.4 Å². The summed E-state index contributed by atoms with van der Waals surface area (Å²) in [5.74, 6) is 0.547. The third-order valence-corrected chi connectivity index (χ3v) is 5.52. The van der Waals surface area contributed by atoms with E-state index in [0.717, 1.165) is 12.0 Å². The standard InChI is InChI=1S/C18H20N2O4S/c1-13-5-8-15(9-6-13)25(22,23)19-14-7-10-17(24-2)16(12-14)20-11-3-4-18(20)21/h5-10,12,19H,3-4,11H2,1-2H3. The maximum atomic E-state index is 12.5. The van der Waals surface area contributed by atoms with E-state index in [-0.39, 0.29) is 10.8 Å².